The highest BCUT2D eigenvalue weighted by molar-refractivity contribution is 5.97. The summed E-state index contributed by atoms with van der Waals surface area (Å²) in [5.74, 6) is -1.51. The van der Waals surface area contributed by atoms with E-state index in [4.69, 9.17) is 0 Å². The van der Waals surface area contributed by atoms with E-state index in [-0.39, 0.29) is 30.2 Å². The number of nitro groups is 1. The first kappa shape index (κ1) is 19.1. The quantitative estimate of drug-likeness (QED) is 0.510. The second kappa shape index (κ2) is 8.04. The zero-order chi connectivity index (χ0) is 18.3. The number of benzene rings is 1. The molecule has 0 unspecified atom stereocenters. The Morgan fingerprint density at radius 2 is 1.71 bits per heavy atom. The van der Waals surface area contributed by atoms with Gasteiger partial charge in [0.05, 0.1) is 18.0 Å². The summed E-state index contributed by atoms with van der Waals surface area (Å²) >= 11 is 0. The Morgan fingerprint density at radius 3 is 2.29 bits per heavy atom. The Kier molecular flexibility index (Phi) is 6.39. The smallest absolute Gasteiger partial charge is 0.270 e. The van der Waals surface area contributed by atoms with Gasteiger partial charge in [-0.3, -0.25) is 24.5 Å². The first-order valence-corrected chi connectivity index (χ1v) is 7.19. The van der Waals surface area contributed by atoms with Crippen LogP contribution in [0.2, 0.25) is 0 Å². The van der Waals surface area contributed by atoms with Gasteiger partial charge in [-0.25, -0.2) is 0 Å². The molecule has 0 saturated heterocycles. The summed E-state index contributed by atoms with van der Waals surface area (Å²) in [6.07, 6.45) is 0. The molecule has 0 heterocycles. The standard InChI is InChI=1S/C15H20N4O5/c1-15(2,3)18-13(21)9-16-12(20)8-17-14(22)10-5-4-6-11(7-10)19(23)24/h4-7H,8-9H2,1-3H3,(H,16,20)(H,17,22)(H,18,21). The lowest BCUT2D eigenvalue weighted by atomic mass is 10.1. The van der Waals surface area contributed by atoms with E-state index >= 15 is 0 Å². The van der Waals surface area contributed by atoms with Crippen LogP contribution in [0.1, 0.15) is 31.1 Å². The molecule has 0 saturated carbocycles. The third-order valence-electron chi connectivity index (χ3n) is 2.69. The Morgan fingerprint density at radius 1 is 1.08 bits per heavy atom. The molecule has 24 heavy (non-hydrogen) atoms. The van der Waals surface area contributed by atoms with Crippen LogP contribution in [0.25, 0.3) is 0 Å². The van der Waals surface area contributed by atoms with Crippen LogP contribution in [0.3, 0.4) is 0 Å². The summed E-state index contributed by atoms with van der Waals surface area (Å²) in [4.78, 5) is 45.1. The minimum atomic E-state index is -0.618. The van der Waals surface area contributed by atoms with E-state index < -0.39 is 22.3 Å². The number of nitro benzene ring substituents is 1. The zero-order valence-electron chi connectivity index (χ0n) is 13.7. The van der Waals surface area contributed by atoms with Crippen molar-refractivity contribution in [2.75, 3.05) is 13.1 Å². The van der Waals surface area contributed by atoms with Crippen molar-refractivity contribution in [3.8, 4) is 0 Å². The molecule has 0 bridgehead atoms. The van der Waals surface area contributed by atoms with Crippen molar-refractivity contribution in [2.45, 2.75) is 26.3 Å². The summed E-state index contributed by atoms with van der Waals surface area (Å²) in [6.45, 7) is 4.89. The minimum absolute atomic E-state index is 0.0717. The van der Waals surface area contributed by atoms with E-state index in [1.807, 2.05) is 20.8 Å². The highest BCUT2D eigenvalue weighted by Crippen LogP contribution is 2.12. The lowest BCUT2D eigenvalue weighted by Crippen LogP contribution is -2.47. The largest absolute Gasteiger partial charge is 0.350 e. The average Bonchev–Trinajstić information content (AvgIpc) is 2.49. The van der Waals surface area contributed by atoms with E-state index in [2.05, 4.69) is 16.0 Å². The Hall–Kier alpha value is -2.97. The summed E-state index contributed by atoms with van der Waals surface area (Å²) in [5, 5.41) is 18.0. The molecule has 0 aliphatic carbocycles. The molecule has 3 amide bonds. The fraction of sp³-hybridized carbons (Fsp3) is 0.400. The van der Waals surface area contributed by atoms with Gasteiger partial charge in [0.15, 0.2) is 0 Å². The molecule has 0 spiro atoms. The van der Waals surface area contributed by atoms with Crippen LogP contribution in [-0.2, 0) is 9.59 Å². The monoisotopic (exact) mass is 336 g/mol. The summed E-state index contributed by atoms with van der Waals surface area (Å²) in [7, 11) is 0. The van der Waals surface area contributed by atoms with Gasteiger partial charge in [-0.05, 0) is 26.8 Å². The van der Waals surface area contributed by atoms with Gasteiger partial charge < -0.3 is 16.0 Å². The van der Waals surface area contributed by atoms with Crippen molar-refractivity contribution >= 4 is 23.4 Å². The number of rotatable bonds is 6. The molecule has 1 rings (SSSR count). The highest BCUT2D eigenvalue weighted by atomic mass is 16.6. The number of carbonyl (C=O) groups is 3. The van der Waals surface area contributed by atoms with Gasteiger partial charge in [0, 0.05) is 23.2 Å². The maximum absolute atomic E-state index is 11.9. The van der Waals surface area contributed by atoms with Crippen molar-refractivity contribution < 1.29 is 19.3 Å². The molecule has 0 aromatic heterocycles. The predicted octanol–water partition coefficient (Wildman–Crippen LogP) is 0.356. The normalized spacial score (nSPS) is 10.6. The first-order chi connectivity index (χ1) is 11.1. The molecular formula is C15H20N4O5. The fourth-order valence-corrected chi connectivity index (χ4v) is 1.73. The molecule has 9 heteroatoms. The van der Waals surface area contributed by atoms with Crippen molar-refractivity contribution in [3.63, 3.8) is 0 Å². The SMILES string of the molecule is CC(C)(C)NC(=O)CNC(=O)CNC(=O)c1cccc([N+](=O)[O-])c1. The molecule has 0 radical (unpaired) electrons. The predicted molar refractivity (Wildman–Crippen MR) is 86.3 cm³/mol. The topological polar surface area (TPSA) is 130 Å². The zero-order valence-corrected chi connectivity index (χ0v) is 13.7. The van der Waals surface area contributed by atoms with E-state index in [0.29, 0.717) is 0 Å². The number of non-ortho nitro benzene ring substituents is 1. The number of amides is 3. The van der Waals surface area contributed by atoms with Crippen LogP contribution in [-0.4, -0.2) is 41.3 Å². The molecule has 1 aromatic carbocycles. The van der Waals surface area contributed by atoms with Gasteiger partial charge in [0.25, 0.3) is 11.6 Å². The van der Waals surface area contributed by atoms with Gasteiger partial charge in [-0.2, -0.15) is 0 Å². The van der Waals surface area contributed by atoms with E-state index in [9.17, 15) is 24.5 Å². The van der Waals surface area contributed by atoms with Crippen LogP contribution in [0.15, 0.2) is 24.3 Å². The minimum Gasteiger partial charge on any atom is -0.350 e. The summed E-state index contributed by atoms with van der Waals surface area (Å²) in [6, 6.07) is 5.16. The second-order valence-corrected chi connectivity index (χ2v) is 6.07. The lowest BCUT2D eigenvalue weighted by Gasteiger charge is -2.20. The highest BCUT2D eigenvalue weighted by Gasteiger charge is 2.15. The van der Waals surface area contributed by atoms with Gasteiger partial charge in [-0.1, -0.05) is 6.07 Å². The van der Waals surface area contributed by atoms with Crippen LogP contribution in [0.5, 0.6) is 0 Å². The number of nitrogens with one attached hydrogen (secondary N) is 3. The first-order valence-electron chi connectivity index (χ1n) is 7.19. The van der Waals surface area contributed by atoms with Gasteiger partial charge in [0.1, 0.15) is 0 Å². The van der Waals surface area contributed by atoms with Crippen LogP contribution in [0, 0.1) is 10.1 Å². The Balaban J connectivity index is 2.44. The Bertz CT molecular complexity index is 652. The number of hydrogen-bond acceptors (Lipinski definition) is 5. The van der Waals surface area contributed by atoms with Crippen molar-refractivity contribution in [1.29, 1.82) is 0 Å². The van der Waals surface area contributed by atoms with E-state index in [1.165, 1.54) is 18.2 Å². The van der Waals surface area contributed by atoms with Gasteiger partial charge in [0.2, 0.25) is 11.8 Å². The average molecular weight is 336 g/mol. The van der Waals surface area contributed by atoms with Gasteiger partial charge in [-0.15, -0.1) is 0 Å². The van der Waals surface area contributed by atoms with Crippen molar-refractivity contribution in [2.24, 2.45) is 0 Å². The van der Waals surface area contributed by atoms with E-state index in [0.717, 1.165) is 6.07 Å². The molecule has 9 nitrogen and oxygen atoms in total. The van der Waals surface area contributed by atoms with E-state index in [1.54, 1.807) is 0 Å². The fourth-order valence-electron chi connectivity index (χ4n) is 1.73. The molecule has 0 aliphatic heterocycles. The van der Waals surface area contributed by atoms with Gasteiger partial charge >= 0.3 is 0 Å². The van der Waals surface area contributed by atoms with Crippen molar-refractivity contribution in [3.05, 3.63) is 39.9 Å². The van der Waals surface area contributed by atoms with Crippen molar-refractivity contribution in [1.82, 2.24) is 16.0 Å². The maximum atomic E-state index is 11.9. The molecule has 0 fully saturated rings. The lowest BCUT2D eigenvalue weighted by molar-refractivity contribution is -0.384. The maximum Gasteiger partial charge on any atom is 0.270 e. The molecule has 0 aliphatic rings. The number of carbonyl (C=O) groups excluding carboxylic acids is 3. The molecule has 0 atom stereocenters. The molecule has 1 aromatic rings. The number of nitrogens with zero attached hydrogens (tertiary/aromatic N) is 1. The summed E-state index contributed by atoms with van der Waals surface area (Å²) < 4.78 is 0. The second-order valence-electron chi connectivity index (χ2n) is 6.07. The van der Waals surface area contributed by atoms with Crippen LogP contribution >= 0.6 is 0 Å². The van der Waals surface area contributed by atoms with Crippen LogP contribution < -0.4 is 16.0 Å². The van der Waals surface area contributed by atoms with Crippen LogP contribution in [0.4, 0.5) is 5.69 Å². The molecule has 3 N–H and O–H groups in total. The molecule has 130 valence electrons. The third-order valence-corrected chi connectivity index (χ3v) is 2.69. The molecular weight excluding hydrogens is 316 g/mol. The summed E-state index contributed by atoms with van der Waals surface area (Å²) in [5.41, 5.74) is -0.550. The number of hydrogen-bond donors (Lipinski definition) is 3. The third kappa shape index (κ3) is 6.86. The Labute approximate surface area is 139 Å².